The van der Waals surface area contributed by atoms with Gasteiger partial charge >= 0.3 is 0 Å². The standard InChI is InChI=1S/C8H17N3OS/c1-10-3-2-4-11(6-5-10)7-8(12)9-13/h13H,2-7H2,1H3,(H,9,12). The highest BCUT2D eigenvalue weighted by Crippen LogP contribution is 2.00. The van der Waals surface area contributed by atoms with E-state index in [1.165, 1.54) is 0 Å². The van der Waals surface area contributed by atoms with Gasteiger partial charge in [-0.3, -0.25) is 9.69 Å². The molecule has 0 saturated carbocycles. The molecule has 0 aromatic rings. The Balaban J connectivity index is 2.29. The summed E-state index contributed by atoms with van der Waals surface area (Å²) in [6, 6.07) is 0. The molecule has 1 amide bonds. The molecule has 1 N–H and O–H groups in total. The smallest absolute Gasteiger partial charge is 0.243 e. The summed E-state index contributed by atoms with van der Waals surface area (Å²) in [6.45, 7) is 4.61. The fourth-order valence-corrected chi connectivity index (χ4v) is 1.57. The SMILES string of the molecule is CN1CCCN(CC(=O)NS)CC1. The summed E-state index contributed by atoms with van der Waals surface area (Å²) in [5, 5.41) is 0. The van der Waals surface area contributed by atoms with Crippen LogP contribution in [0.15, 0.2) is 0 Å². The third kappa shape index (κ3) is 3.97. The van der Waals surface area contributed by atoms with Crippen molar-refractivity contribution in [2.24, 2.45) is 0 Å². The fraction of sp³-hybridized carbons (Fsp3) is 0.875. The van der Waals surface area contributed by atoms with Crippen molar-refractivity contribution in [2.75, 3.05) is 39.8 Å². The molecule has 0 aromatic carbocycles. The van der Waals surface area contributed by atoms with Crippen molar-refractivity contribution in [3.63, 3.8) is 0 Å². The average molecular weight is 203 g/mol. The van der Waals surface area contributed by atoms with Gasteiger partial charge in [-0.2, -0.15) is 0 Å². The largest absolute Gasteiger partial charge is 0.305 e. The Labute approximate surface area is 84.8 Å². The maximum atomic E-state index is 11.0. The number of thiol groups is 1. The third-order valence-corrected chi connectivity index (χ3v) is 2.55. The van der Waals surface area contributed by atoms with Crippen molar-refractivity contribution in [3.8, 4) is 0 Å². The van der Waals surface area contributed by atoms with E-state index in [0.29, 0.717) is 6.54 Å². The summed E-state index contributed by atoms with van der Waals surface area (Å²) in [4.78, 5) is 15.5. The van der Waals surface area contributed by atoms with Gasteiger partial charge < -0.3 is 9.62 Å². The molecule has 0 bridgehead atoms. The minimum atomic E-state index is -0.0205. The summed E-state index contributed by atoms with van der Waals surface area (Å²) in [5.41, 5.74) is 0. The fourth-order valence-electron chi connectivity index (χ4n) is 1.50. The summed E-state index contributed by atoms with van der Waals surface area (Å²) in [7, 11) is 2.11. The minimum Gasteiger partial charge on any atom is -0.305 e. The number of likely N-dealkylation sites (N-methyl/N-ethyl adjacent to an activating group) is 1. The van der Waals surface area contributed by atoms with E-state index in [1.807, 2.05) is 0 Å². The zero-order valence-corrected chi connectivity index (χ0v) is 8.89. The average Bonchev–Trinajstić information content (AvgIpc) is 2.31. The number of carbonyl (C=O) groups excluding carboxylic acids is 1. The Bertz CT molecular complexity index is 177. The monoisotopic (exact) mass is 203 g/mol. The van der Waals surface area contributed by atoms with Gasteiger partial charge in [-0.05, 0) is 26.6 Å². The Morgan fingerprint density at radius 3 is 2.85 bits per heavy atom. The lowest BCUT2D eigenvalue weighted by Crippen LogP contribution is -2.36. The summed E-state index contributed by atoms with van der Waals surface area (Å²) in [6.07, 6.45) is 1.14. The molecule has 0 unspecified atom stereocenters. The Morgan fingerprint density at radius 1 is 1.38 bits per heavy atom. The molecule has 0 aromatic heterocycles. The number of hydrogen-bond acceptors (Lipinski definition) is 4. The second-order valence-corrected chi connectivity index (χ2v) is 3.69. The summed E-state index contributed by atoms with van der Waals surface area (Å²) >= 11 is 3.72. The van der Waals surface area contributed by atoms with Gasteiger partial charge in [0.1, 0.15) is 0 Å². The van der Waals surface area contributed by atoms with E-state index >= 15 is 0 Å². The molecule has 1 saturated heterocycles. The number of carbonyl (C=O) groups is 1. The van der Waals surface area contributed by atoms with Crippen LogP contribution in [0.4, 0.5) is 0 Å². The maximum absolute atomic E-state index is 11.0. The van der Waals surface area contributed by atoms with Crippen LogP contribution in [0, 0.1) is 0 Å². The highest BCUT2D eigenvalue weighted by Gasteiger charge is 2.13. The molecule has 1 heterocycles. The van der Waals surface area contributed by atoms with E-state index < -0.39 is 0 Å². The predicted octanol–water partition coefficient (Wildman–Crippen LogP) is -0.415. The van der Waals surface area contributed by atoms with Gasteiger partial charge in [0.15, 0.2) is 0 Å². The predicted molar refractivity (Wildman–Crippen MR) is 55.7 cm³/mol. The van der Waals surface area contributed by atoms with Crippen molar-refractivity contribution in [1.82, 2.24) is 14.5 Å². The third-order valence-electron chi connectivity index (χ3n) is 2.30. The molecular weight excluding hydrogens is 186 g/mol. The zero-order valence-electron chi connectivity index (χ0n) is 7.99. The van der Waals surface area contributed by atoms with Crippen molar-refractivity contribution in [3.05, 3.63) is 0 Å². The van der Waals surface area contributed by atoms with Gasteiger partial charge in [0.05, 0.1) is 6.54 Å². The van der Waals surface area contributed by atoms with E-state index in [2.05, 4.69) is 34.4 Å². The van der Waals surface area contributed by atoms with Crippen LogP contribution in [0.25, 0.3) is 0 Å². The lowest BCUT2D eigenvalue weighted by Gasteiger charge is -2.18. The lowest BCUT2D eigenvalue weighted by molar-refractivity contribution is -0.120. The molecule has 1 fully saturated rings. The van der Waals surface area contributed by atoms with Gasteiger partial charge in [0, 0.05) is 13.1 Å². The first kappa shape index (κ1) is 10.8. The molecule has 0 spiro atoms. The van der Waals surface area contributed by atoms with Crippen molar-refractivity contribution in [1.29, 1.82) is 0 Å². The number of nitrogens with zero attached hydrogens (tertiary/aromatic N) is 2. The number of rotatable bonds is 2. The molecule has 76 valence electrons. The molecular formula is C8H17N3OS. The number of amides is 1. The van der Waals surface area contributed by atoms with Gasteiger partial charge in [-0.1, -0.05) is 12.8 Å². The van der Waals surface area contributed by atoms with Gasteiger partial charge in [-0.25, -0.2) is 0 Å². The van der Waals surface area contributed by atoms with Crippen LogP contribution in [0.5, 0.6) is 0 Å². The van der Waals surface area contributed by atoms with E-state index in [0.717, 1.165) is 32.6 Å². The number of hydrogen-bond donors (Lipinski definition) is 2. The summed E-state index contributed by atoms with van der Waals surface area (Å²) in [5.74, 6) is -0.0205. The highest BCUT2D eigenvalue weighted by molar-refractivity contribution is 7.78. The molecule has 1 aliphatic rings. The Morgan fingerprint density at radius 2 is 2.15 bits per heavy atom. The second-order valence-electron chi connectivity index (χ2n) is 3.47. The van der Waals surface area contributed by atoms with Crippen molar-refractivity contribution in [2.45, 2.75) is 6.42 Å². The first-order chi connectivity index (χ1) is 6.22. The molecule has 0 aliphatic carbocycles. The van der Waals surface area contributed by atoms with Crippen LogP contribution in [0.1, 0.15) is 6.42 Å². The quantitative estimate of drug-likeness (QED) is 0.599. The van der Waals surface area contributed by atoms with E-state index in [1.54, 1.807) is 0 Å². The van der Waals surface area contributed by atoms with Crippen LogP contribution < -0.4 is 4.72 Å². The van der Waals surface area contributed by atoms with Crippen molar-refractivity contribution < 1.29 is 4.79 Å². The zero-order chi connectivity index (χ0) is 9.68. The van der Waals surface area contributed by atoms with Crippen LogP contribution in [-0.4, -0.2) is 55.5 Å². The Hall–Kier alpha value is -0.260. The van der Waals surface area contributed by atoms with Crippen LogP contribution in [0.3, 0.4) is 0 Å². The minimum absolute atomic E-state index is 0.0205. The lowest BCUT2D eigenvalue weighted by atomic mass is 10.4. The molecule has 5 heteroatoms. The Kier molecular flexibility index (Phi) is 4.55. The van der Waals surface area contributed by atoms with Gasteiger partial charge in [0.2, 0.25) is 5.91 Å². The normalized spacial score (nSPS) is 21.1. The summed E-state index contributed by atoms with van der Waals surface area (Å²) < 4.78 is 2.34. The first-order valence-electron chi connectivity index (χ1n) is 4.56. The molecule has 0 radical (unpaired) electrons. The maximum Gasteiger partial charge on any atom is 0.243 e. The van der Waals surface area contributed by atoms with Crippen molar-refractivity contribution >= 4 is 18.7 Å². The van der Waals surface area contributed by atoms with Gasteiger partial charge in [-0.15, -0.1) is 0 Å². The molecule has 4 nitrogen and oxygen atoms in total. The van der Waals surface area contributed by atoms with Crippen LogP contribution in [0.2, 0.25) is 0 Å². The van der Waals surface area contributed by atoms with E-state index in [-0.39, 0.29) is 5.91 Å². The molecule has 0 atom stereocenters. The second kappa shape index (κ2) is 5.47. The van der Waals surface area contributed by atoms with Gasteiger partial charge in [0.25, 0.3) is 0 Å². The highest BCUT2D eigenvalue weighted by atomic mass is 32.1. The van der Waals surface area contributed by atoms with E-state index in [9.17, 15) is 4.79 Å². The topological polar surface area (TPSA) is 35.6 Å². The first-order valence-corrected chi connectivity index (χ1v) is 5.01. The molecule has 13 heavy (non-hydrogen) atoms. The number of nitrogens with one attached hydrogen (secondary N) is 1. The van der Waals surface area contributed by atoms with Crippen LogP contribution in [-0.2, 0) is 4.79 Å². The van der Waals surface area contributed by atoms with Crippen LogP contribution >= 0.6 is 12.8 Å². The van der Waals surface area contributed by atoms with E-state index in [4.69, 9.17) is 0 Å². The molecule has 1 rings (SSSR count). The molecule has 1 aliphatic heterocycles.